The molecule has 0 bridgehead atoms. The number of hydrogen-bond donors (Lipinski definition) is 2. The second-order valence-electron chi connectivity index (χ2n) is 4.40. The van der Waals surface area contributed by atoms with Gasteiger partial charge in [-0.1, -0.05) is 12.1 Å². The van der Waals surface area contributed by atoms with Gasteiger partial charge < -0.3 is 15.0 Å². The average Bonchev–Trinajstić information content (AvgIpc) is 2.84. The normalized spacial score (nSPS) is 10.8. The van der Waals surface area contributed by atoms with Crippen LogP contribution in [0.15, 0.2) is 24.3 Å². The molecule has 2 N–H and O–H groups in total. The van der Waals surface area contributed by atoms with Crippen LogP contribution in [0.3, 0.4) is 0 Å². The highest BCUT2D eigenvalue weighted by Crippen LogP contribution is 2.11. The van der Waals surface area contributed by atoms with E-state index in [1.54, 1.807) is 7.11 Å². The largest absolute Gasteiger partial charge is 0.385 e. The van der Waals surface area contributed by atoms with Crippen molar-refractivity contribution in [3.8, 4) is 0 Å². The maximum atomic E-state index is 11.6. The number of aromatic nitrogens is 2. The Labute approximate surface area is 112 Å². The maximum absolute atomic E-state index is 11.6. The predicted octanol–water partition coefficient (Wildman–Crippen LogP) is 1.65. The first-order chi connectivity index (χ1) is 9.29. The van der Waals surface area contributed by atoms with E-state index in [1.807, 2.05) is 24.3 Å². The number of imidazole rings is 1. The number of amides is 1. The number of hydrogen-bond acceptors (Lipinski definition) is 3. The standard InChI is InChI=1S/C14H19N3O2/c1-19-10-4-9-15-14(18)8-7-13-16-11-5-2-3-6-12(11)17-13/h2-3,5-6H,4,7-10H2,1H3,(H,15,18)(H,16,17). The third-order valence-electron chi connectivity index (χ3n) is 2.87. The maximum Gasteiger partial charge on any atom is 0.220 e. The summed E-state index contributed by atoms with van der Waals surface area (Å²) in [5.74, 6) is 0.907. The highest BCUT2D eigenvalue weighted by atomic mass is 16.5. The van der Waals surface area contributed by atoms with Gasteiger partial charge in [-0.3, -0.25) is 4.79 Å². The van der Waals surface area contributed by atoms with Gasteiger partial charge in [-0.05, 0) is 18.6 Å². The number of carbonyl (C=O) groups is 1. The van der Waals surface area contributed by atoms with Crippen molar-refractivity contribution in [2.45, 2.75) is 19.3 Å². The van der Waals surface area contributed by atoms with E-state index in [-0.39, 0.29) is 5.91 Å². The van der Waals surface area contributed by atoms with E-state index in [0.717, 1.165) is 23.3 Å². The summed E-state index contributed by atoms with van der Waals surface area (Å²) in [6.07, 6.45) is 1.92. The number of benzene rings is 1. The number of aromatic amines is 1. The van der Waals surface area contributed by atoms with Crippen LogP contribution in [0.5, 0.6) is 0 Å². The number of para-hydroxylation sites is 2. The molecule has 0 fully saturated rings. The molecule has 0 atom stereocenters. The molecule has 1 amide bonds. The monoisotopic (exact) mass is 261 g/mol. The molecule has 0 saturated heterocycles. The zero-order chi connectivity index (χ0) is 13.5. The van der Waals surface area contributed by atoms with Gasteiger partial charge in [0.2, 0.25) is 5.91 Å². The van der Waals surface area contributed by atoms with Gasteiger partial charge in [0.25, 0.3) is 0 Å². The molecule has 1 heterocycles. The van der Waals surface area contributed by atoms with Crippen LogP contribution in [-0.4, -0.2) is 36.1 Å². The van der Waals surface area contributed by atoms with E-state index in [4.69, 9.17) is 4.74 Å². The van der Waals surface area contributed by atoms with Crippen molar-refractivity contribution in [2.75, 3.05) is 20.3 Å². The Morgan fingerprint density at radius 2 is 2.26 bits per heavy atom. The molecule has 102 valence electrons. The molecule has 2 aromatic rings. The Bertz CT molecular complexity index is 503. The molecular weight excluding hydrogens is 242 g/mol. The number of aryl methyl sites for hydroxylation is 1. The van der Waals surface area contributed by atoms with Gasteiger partial charge in [0.1, 0.15) is 5.82 Å². The van der Waals surface area contributed by atoms with Crippen LogP contribution < -0.4 is 5.32 Å². The molecular formula is C14H19N3O2. The second kappa shape index (κ2) is 6.89. The molecule has 0 spiro atoms. The molecule has 1 aromatic heterocycles. The summed E-state index contributed by atoms with van der Waals surface area (Å²) in [6, 6.07) is 7.86. The minimum Gasteiger partial charge on any atom is -0.385 e. The molecule has 0 aliphatic carbocycles. The highest BCUT2D eigenvalue weighted by Gasteiger charge is 2.05. The highest BCUT2D eigenvalue weighted by molar-refractivity contribution is 5.77. The lowest BCUT2D eigenvalue weighted by Gasteiger charge is -2.03. The molecule has 0 aliphatic heterocycles. The average molecular weight is 261 g/mol. The summed E-state index contributed by atoms with van der Waals surface area (Å²) in [5, 5.41) is 2.86. The van der Waals surface area contributed by atoms with Crippen LogP contribution >= 0.6 is 0 Å². The summed E-state index contributed by atoms with van der Waals surface area (Å²) in [4.78, 5) is 19.3. The molecule has 5 nitrogen and oxygen atoms in total. The minimum absolute atomic E-state index is 0.0524. The molecule has 0 unspecified atom stereocenters. The number of carbonyl (C=O) groups excluding carboxylic acids is 1. The van der Waals surface area contributed by atoms with Gasteiger partial charge in [0.15, 0.2) is 0 Å². The number of nitrogens with one attached hydrogen (secondary N) is 2. The molecule has 0 radical (unpaired) electrons. The zero-order valence-electron chi connectivity index (χ0n) is 11.1. The van der Waals surface area contributed by atoms with Gasteiger partial charge in [0.05, 0.1) is 11.0 Å². The molecule has 19 heavy (non-hydrogen) atoms. The quantitative estimate of drug-likeness (QED) is 0.745. The first kappa shape index (κ1) is 13.5. The summed E-state index contributed by atoms with van der Waals surface area (Å²) >= 11 is 0. The number of H-pyrrole nitrogens is 1. The van der Waals surface area contributed by atoms with Crippen LogP contribution in [0, 0.1) is 0 Å². The van der Waals surface area contributed by atoms with Crippen molar-refractivity contribution in [1.29, 1.82) is 0 Å². The predicted molar refractivity (Wildman–Crippen MR) is 73.9 cm³/mol. The van der Waals surface area contributed by atoms with Gasteiger partial charge in [-0.2, -0.15) is 0 Å². The third-order valence-corrected chi connectivity index (χ3v) is 2.87. The van der Waals surface area contributed by atoms with Crippen LogP contribution in [0.1, 0.15) is 18.7 Å². The zero-order valence-corrected chi connectivity index (χ0v) is 11.1. The van der Waals surface area contributed by atoms with E-state index in [9.17, 15) is 4.79 Å². The van der Waals surface area contributed by atoms with Gasteiger partial charge in [-0.15, -0.1) is 0 Å². The molecule has 5 heteroatoms. The molecule has 2 rings (SSSR count). The fraction of sp³-hybridized carbons (Fsp3) is 0.429. The Balaban J connectivity index is 1.77. The summed E-state index contributed by atoms with van der Waals surface area (Å²) in [7, 11) is 1.66. The Kier molecular flexibility index (Phi) is 4.92. The lowest BCUT2D eigenvalue weighted by molar-refractivity contribution is -0.121. The second-order valence-corrected chi connectivity index (χ2v) is 4.40. The minimum atomic E-state index is 0.0524. The van der Waals surface area contributed by atoms with E-state index in [0.29, 0.717) is 26.0 Å². The van der Waals surface area contributed by atoms with Gasteiger partial charge in [0, 0.05) is 33.1 Å². The van der Waals surface area contributed by atoms with Gasteiger partial charge >= 0.3 is 0 Å². The van der Waals surface area contributed by atoms with Crippen LogP contribution in [0.25, 0.3) is 11.0 Å². The number of fused-ring (bicyclic) bond motifs is 1. The SMILES string of the molecule is COCCCNC(=O)CCc1nc2ccccc2[nH]1. The van der Waals surface area contributed by atoms with Crippen molar-refractivity contribution < 1.29 is 9.53 Å². The van der Waals surface area contributed by atoms with Crippen molar-refractivity contribution in [3.05, 3.63) is 30.1 Å². The lowest BCUT2D eigenvalue weighted by Crippen LogP contribution is -2.25. The topological polar surface area (TPSA) is 67.0 Å². The summed E-state index contributed by atoms with van der Waals surface area (Å²) in [5.41, 5.74) is 1.95. The number of rotatable bonds is 7. The Morgan fingerprint density at radius 1 is 1.42 bits per heavy atom. The van der Waals surface area contributed by atoms with Crippen molar-refractivity contribution in [2.24, 2.45) is 0 Å². The van der Waals surface area contributed by atoms with Gasteiger partial charge in [-0.25, -0.2) is 4.98 Å². The van der Waals surface area contributed by atoms with Crippen LogP contribution in [-0.2, 0) is 16.0 Å². The number of nitrogens with zero attached hydrogens (tertiary/aromatic N) is 1. The molecule has 1 aromatic carbocycles. The summed E-state index contributed by atoms with van der Waals surface area (Å²) < 4.78 is 4.92. The Hall–Kier alpha value is -1.88. The van der Waals surface area contributed by atoms with E-state index >= 15 is 0 Å². The fourth-order valence-corrected chi connectivity index (χ4v) is 1.89. The third kappa shape index (κ3) is 4.06. The Morgan fingerprint density at radius 3 is 3.05 bits per heavy atom. The summed E-state index contributed by atoms with van der Waals surface area (Å²) in [6.45, 7) is 1.33. The number of methoxy groups -OCH3 is 1. The van der Waals surface area contributed by atoms with Crippen molar-refractivity contribution in [1.82, 2.24) is 15.3 Å². The smallest absolute Gasteiger partial charge is 0.220 e. The van der Waals surface area contributed by atoms with Crippen LogP contribution in [0.2, 0.25) is 0 Å². The van der Waals surface area contributed by atoms with E-state index in [2.05, 4.69) is 15.3 Å². The first-order valence-electron chi connectivity index (χ1n) is 6.49. The van der Waals surface area contributed by atoms with Crippen molar-refractivity contribution in [3.63, 3.8) is 0 Å². The first-order valence-corrected chi connectivity index (χ1v) is 6.49. The number of ether oxygens (including phenoxy) is 1. The van der Waals surface area contributed by atoms with Crippen molar-refractivity contribution >= 4 is 16.9 Å². The van der Waals surface area contributed by atoms with E-state index < -0.39 is 0 Å². The van der Waals surface area contributed by atoms with E-state index in [1.165, 1.54) is 0 Å². The van der Waals surface area contributed by atoms with Crippen LogP contribution in [0.4, 0.5) is 0 Å². The fourth-order valence-electron chi connectivity index (χ4n) is 1.89. The lowest BCUT2D eigenvalue weighted by atomic mass is 10.3. The molecule has 0 saturated carbocycles. The molecule has 0 aliphatic rings.